The van der Waals surface area contributed by atoms with Crippen LogP contribution in [0.25, 0.3) is 16.8 Å². The van der Waals surface area contributed by atoms with E-state index in [1.54, 1.807) is 19.2 Å². The van der Waals surface area contributed by atoms with Crippen molar-refractivity contribution in [1.29, 1.82) is 0 Å². The first-order chi connectivity index (χ1) is 17.9. The highest BCUT2D eigenvalue weighted by Gasteiger charge is 2.31. The second-order valence-corrected chi connectivity index (χ2v) is 10.8. The number of benzene rings is 1. The summed E-state index contributed by atoms with van der Waals surface area (Å²) < 4.78 is 12.8. The molecule has 2 aliphatic rings. The number of aromatic nitrogens is 3. The second kappa shape index (κ2) is 11.3. The molecule has 10 heteroatoms. The van der Waals surface area contributed by atoms with E-state index in [1.807, 2.05) is 18.4 Å². The minimum Gasteiger partial charge on any atom is -0.497 e. The normalized spacial score (nSPS) is 20.9. The Labute approximate surface area is 228 Å². The van der Waals surface area contributed by atoms with Crippen molar-refractivity contribution in [1.82, 2.24) is 19.5 Å². The lowest BCUT2D eigenvalue weighted by atomic mass is 9.89. The smallest absolute Gasteiger partial charge is 0.165 e. The Bertz CT molecular complexity index is 1230. The zero-order chi connectivity index (χ0) is 26.1. The van der Waals surface area contributed by atoms with Crippen molar-refractivity contribution in [3.8, 4) is 16.9 Å². The fourth-order valence-electron chi connectivity index (χ4n) is 5.93. The molecule has 1 aromatic carbocycles. The number of nitrogens with two attached hydrogens (primary N) is 1. The van der Waals surface area contributed by atoms with E-state index in [0.29, 0.717) is 34.4 Å². The van der Waals surface area contributed by atoms with Crippen molar-refractivity contribution in [3.05, 3.63) is 39.6 Å². The fraction of sp³-hybridized carbons (Fsp3) is 0.556. The zero-order valence-corrected chi connectivity index (χ0v) is 23.4. The lowest BCUT2D eigenvalue weighted by molar-refractivity contribution is 0.00727. The van der Waals surface area contributed by atoms with Gasteiger partial charge in [-0.2, -0.15) is 9.61 Å². The molecule has 200 valence electrons. The van der Waals surface area contributed by atoms with Crippen LogP contribution in [-0.4, -0.2) is 78.1 Å². The van der Waals surface area contributed by atoms with Crippen LogP contribution in [-0.2, 0) is 4.74 Å². The first kappa shape index (κ1) is 26.5. The molecular formula is C27H36Cl2N6O2. The van der Waals surface area contributed by atoms with Crippen molar-refractivity contribution >= 4 is 34.7 Å². The van der Waals surface area contributed by atoms with Crippen molar-refractivity contribution in [2.75, 3.05) is 51.4 Å². The summed E-state index contributed by atoms with van der Waals surface area (Å²) in [5.74, 6) is 1.62. The lowest BCUT2D eigenvalue weighted by Crippen LogP contribution is -2.49. The predicted molar refractivity (Wildman–Crippen MR) is 149 cm³/mol. The molecule has 0 bridgehead atoms. The van der Waals surface area contributed by atoms with Gasteiger partial charge in [0.05, 0.1) is 41.6 Å². The van der Waals surface area contributed by atoms with Crippen LogP contribution < -0.4 is 15.4 Å². The van der Waals surface area contributed by atoms with Gasteiger partial charge in [-0.3, -0.25) is 4.90 Å². The third kappa shape index (κ3) is 5.27. The van der Waals surface area contributed by atoms with Crippen molar-refractivity contribution < 1.29 is 9.47 Å². The highest BCUT2D eigenvalue weighted by molar-refractivity contribution is 6.39. The van der Waals surface area contributed by atoms with Crippen LogP contribution in [0.3, 0.4) is 0 Å². The monoisotopic (exact) mass is 546 g/mol. The van der Waals surface area contributed by atoms with Crippen LogP contribution in [0.4, 0.5) is 5.82 Å². The van der Waals surface area contributed by atoms with E-state index in [9.17, 15) is 0 Å². The van der Waals surface area contributed by atoms with E-state index in [4.69, 9.17) is 48.5 Å². The van der Waals surface area contributed by atoms with Gasteiger partial charge in [-0.1, -0.05) is 23.2 Å². The van der Waals surface area contributed by atoms with E-state index in [-0.39, 0.29) is 0 Å². The number of hydrogen-bond donors (Lipinski definition) is 1. The number of rotatable bonds is 7. The van der Waals surface area contributed by atoms with Gasteiger partial charge in [-0.15, -0.1) is 0 Å². The van der Waals surface area contributed by atoms with E-state index in [0.717, 1.165) is 79.7 Å². The Kier molecular flexibility index (Phi) is 8.12. The Morgan fingerprint density at radius 1 is 1.05 bits per heavy atom. The van der Waals surface area contributed by atoms with Crippen molar-refractivity contribution in [2.45, 2.75) is 51.6 Å². The maximum Gasteiger partial charge on any atom is 0.165 e. The quantitative estimate of drug-likeness (QED) is 0.458. The molecular weight excluding hydrogens is 511 g/mol. The highest BCUT2D eigenvalue weighted by atomic mass is 35.5. The predicted octanol–water partition coefficient (Wildman–Crippen LogP) is 4.74. The second-order valence-electron chi connectivity index (χ2n) is 10.0. The van der Waals surface area contributed by atoms with Gasteiger partial charge >= 0.3 is 0 Å². The molecule has 0 atom stereocenters. The summed E-state index contributed by atoms with van der Waals surface area (Å²) in [5, 5.41) is 5.96. The maximum absolute atomic E-state index is 6.70. The molecule has 0 radical (unpaired) electrons. The number of hydrogen-bond acceptors (Lipinski definition) is 7. The van der Waals surface area contributed by atoms with Crippen molar-refractivity contribution in [3.63, 3.8) is 0 Å². The Morgan fingerprint density at radius 2 is 1.73 bits per heavy atom. The van der Waals surface area contributed by atoms with Gasteiger partial charge in [0.15, 0.2) is 5.65 Å². The lowest BCUT2D eigenvalue weighted by Gasteiger charge is -2.42. The summed E-state index contributed by atoms with van der Waals surface area (Å²) in [6.45, 7) is 9.08. The van der Waals surface area contributed by atoms with Crippen LogP contribution >= 0.6 is 23.2 Å². The van der Waals surface area contributed by atoms with Gasteiger partial charge in [0.2, 0.25) is 0 Å². The van der Waals surface area contributed by atoms with E-state index in [2.05, 4.69) is 15.9 Å². The summed E-state index contributed by atoms with van der Waals surface area (Å²) in [7, 11) is 1.60. The molecule has 3 aromatic rings. The molecule has 0 amide bonds. The molecule has 0 unspecified atom stereocenters. The fourth-order valence-corrected chi connectivity index (χ4v) is 6.59. The number of ether oxygens (including phenoxy) is 2. The number of morpholine rings is 1. The summed E-state index contributed by atoms with van der Waals surface area (Å²) in [6.07, 6.45) is 4.60. The average molecular weight is 548 g/mol. The van der Waals surface area contributed by atoms with Gasteiger partial charge in [0.25, 0.3) is 0 Å². The third-order valence-electron chi connectivity index (χ3n) is 7.71. The summed E-state index contributed by atoms with van der Waals surface area (Å²) in [5.41, 5.74) is 10.2. The molecule has 3 heterocycles. The number of anilines is 1. The number of aryl methyl sites for hydroxylation is 2. The van der Waals surface area contributed by atoms with E-state index < -0.39 is 0 Å². The Hall–Kier alpha value is -2.10. The van der Waals surface area contributed by atoms with Gasteiger partial charge in [0, 0.05) is 55.6 Å². The van der Waals surface area contributed by atoms with Gasteiger partial charge in [-0.25, -0.2) is 4.98 Å². The molecule has 5 rings (SSSR count). The summed E-state index contributed by atoms with van der Waals surface area (Å²) in [4.78, 5) is 9.93. The summed E-state index contributed by atoms with van der Waals surface area (Å²) in [6, 6.07) is 6.69. The van der Waals surface area contributed by atoms with Gasteiger partial charge < -0.3 is 20.1 Å². The molecule has 2 aromatic heterocycles. The molecule has 8 nitrogen and oxygen atoms in total. The molecule has 0 spiro atoms. The van der Waals surface area contributed by atoms with E-state index in [1.165, 1.54) is 12.8 Å². The first-order valence-corrected chi connectivity index (χ1v) is 13.9. The first-order valence-electron chi connectivity index (χ1n) is 13.1. The van der Waals surface area contributed by atoms with E-state index >= 15 is 0 Å². The van der Waals surface area contributed by atoms with Gasteiger partial charge in [-0.05, 0) is 51.7 Å². The number of halogens is 2. The minimum atomic E-state index is 0.395. The number of methoxy groups -OCH3 is 1. The average Bonchev–Trinajstić information content (AvgIpc) is 3.22. The minimum absolute atomic E-state index is 0.395. The van der Waals surface area contributed by atoms with Crippen LogP contribution in [0.2, 0.25) is 10.0 Å². The van der Waals surface area contributed by atoms with Crippen LogP contribution in [0.15, 0.2) is 18.2 Å². The standard InChI is InChI=1S/C27H36Cl2N6O2/c1-17-14-24(34(9-8-30)20-6-4-19(5-7-20)33-10-12-37-13-11-33)35-27(31-17)25(18(2)32-35)26-22(28)15-21(36-3)16-23(26)29/h14-16,19-20H,4-13,30H2,1-3H3. The third-order valence-corrected chi connectivity index (χ3v) is 8.30. The topological polar surface area (TPSA) is 81.2 Å². The summed E-state index contributed by atoms with van der Waals surface area (Å²) >= 11 is 13.4. The highest BCUT2D eigenvalue weighted by Crippen LogP contribution is 2.42. The maximum atomic E-state index is 6.70. The Balaban J connectivity index is 1.51. The van der Waals surface area contributed by atoms with Gasteiger partial charge in [0.1, 0.15) is 11.6 Å². The molecule has 37 heavy (non-hydrogen) atoms. The zero-order valence-electron chi connectivity index (χ0n) is 21.8. The molecule has 1 saturated carbocycles. The Morgan fingerprint density at radius 3 is 2.35 bits per heavy atom. The van der Waals surface area contributed by atoms with Crippen molar-refractivity contribution in [2.24, 2.45) is 5.73 Å². The molecule has 1 saturated heterocycles. The molecule has 1 aliphatic heterocycles. The molecule has 2 N–H and O–H groups in total. The SMILES string of the molecule is COc1cc(Cl)c(-c2c(C)nn3c(N(CCN)C4CCC(N5CCOCC5)CC4)cc(C)nc23)c(Cl)c1. The number of nitrogens with zero attached hydrogens (tertiary/aromatic N) is 5. The van der Waals surface area contributed by atoms with Crippen LogP contribution in [0.5, 0.6) is 5.75 Å². The molecule has 2 fully saturated rings. The largest absolute Gasteiger partial charge is 0.497 e. The van der Waals surface area contributed by atoms with Crippen LogP contribution in [0.1, 0.15) is 37.1 Å². The van der Waals surface area contributed by atoms with Crippen LogP contribution in [0, 0.1) is 13.8 Å². The molecule has 1 aliphatic carbocycles. The number of fused-ring (bicyclic) bond motifs is 1.